The summed E-state index contributed by atoms with van der Waals surface area (Å²) < 4.78 is 5.17. The highest BCUT2D eigenvalue weighted by atomic mass is 16.5. The van der Waals surface area contributed by atoms with Gasteiger partial charge < -0.3 is 9.84 Å². The van der Waals surface area contributed by atoms with Gasteiger partial charge in [0.15, 0.2) is 0 Å². The molecule has 0 aliphatic heterocycles. The second kappa shape index (κ2) is 5.99. The zero-order valence-electron chi connectivity index (χ0n) is 11.2. The van der Waals surface area contributed by atoms with Crippen molar-refractivity contribution in [3.05, 3.63) is 0 Å². The van der Waals surface area contributed by atoms with Gasteiger partial charge in [0, 0.05) is 38.3 Å². The molecule has 0 aromatic heterocycles. The maximum atomic E-state index is 9.35. The van der Waals surface area contributed by atoms with E-state index in [4.69, 9.17) is 4.74 Å². The SMILES string of the molecule is COCCN(CC(C)(C)CO)C(C)C1CC1. The van der Waals surface area contributed by atoms with Crippen LogP contribution in [0.2, 0.25) is 0 Å². The fourth-order valence-electron chi connectivity index (χ4n) is 2.11. The molecule has 1 rings (SSSR count). The number of rotatable bonds is 8. The number of ether oxygens (including phenoxy) is 1. The summed E-state index contributed by atoms with van der Waals surface area (Å²) in [7, 11) is 1.75. The predicted molar refractivity (Wildman–Crippen MR) is 66.5 cm³/mol. The zero-order chi connectivity index (χ0) is 12.2. The summed E-state index contributed by atoms with van der Waals surface area (Å²) in [6.45, 7) is 9.48. The highest BCUT2D eigenvalue weighted by molar-refractivity contribution is 4.87. The molecule has 1 aliphatic rings. The fourth-order valence-corrected chi connectivity index (χ4v) is 2.11. The summed E-state index contributed by atoms with van der Waals surface area (Å²) in [6.07, 6.45) is 2.73. The van der Waals surface area contributed by atoms with Gasteiger partial charge in [-0.3, -0.25) is 4.90 Å². The smallest absolute Gasteiger partial charge is 0.0589 e. The molecule has 0 aromatic carbocycles. The first-order valence-electron chi connectivity index (χ1n) is 6.34. The zero-order valence-corrected chi connectivity index (χ0v) is 11.2. The maximum absolute atomic E-state index is 9.35. The average molecular weight is 229 g/mol. The molecule has 1 atom stereocenters. The van der Waals surface area contributed by atoms with E-state index in [1.54, 1.807) is 7.11 Å². The Labute approximate surface area is 99.8 Å². The van der Waals surface area contributed by atoms with Crippen molar-refractivity contribution in [2.75, 3.05) is 33.4 Å². The molecule has 0 amide bonds. The third-order valence-corrected chi connectivity index (χ3v) is 3.52. The first-order chi connectivity index (χ1) is 7.50. The third-order valence-electron chi connectivity index (χ3n) is 3.52. The molecule has 1 aliphatic carbocycles. The Morgan fingerprint density at radius 1 is 1.44 bits per heavy atom. The minimum Gasteiger partial charge on any atom is -0.396 e. The Bertz CT molecular complexity index is 202. The van der Waals surface area contributed by atoms with Crippen molar-refractivity contribution in [1.29, 1.82) is 0 Å². The minimum absolute atomic E-state index is 0.0170. The molecule has 0 bridgehead atoms. The fraction of sp³-hybridized carbons (Fsp3) is 1.00. The highest BCUT2D eigenvalue weighted by Gasteiger charge is 2.33. The summed E-state index contributed by atoms with van der Waals surface area (Å²) in [5.41, 5.74) is -0.0170. The van der Waals surface area contributed by atoms with Crippen LogP contribution in [0.4, 0.5) is 0 Å². The van der Waals surface area contributed by atoms with E-state index in [9.17, 15) is 5.11 Å². The number of hydrogen-bond donors (Lipinski definition) is 1. The molecular weight excluding hydrogens is 202 g/mol. The van der Waals surface area contributed by atoms with Gasteiger partial charge in [-0.1, -0.05) is 13.8 Å². The highest BCUT2D eigenvalue weighted by Crippen LogP contribution is 2.36. The molecule has 3 nitrogen and oxygen atoms in total. The van der Waals surface area contributed by atoms with Crippen LogP contribution >= 0.6 is 0 Å². The molecule has 16 heavy (non-hydrogen) atoms. The normalized spacial score (nSPS) is 19.1. The monoisotopic (exact) mass is 229 g/mol. The molecule has 3 heteroatoms. The van der Waals surface area contributed by atoms with Crippen LogP contribution in [0.1, 0.15) is 33.6 Å². The van der Waals surface area contributed by atoms with Crippen LogP contribution in [-0.4, -0.2) is 49.5 Å². The quantitative estimate of drug-likeness (QED) is 0.688. The first-order valence-corrected chi connectivity index (χ1v) is 6.34. The van der Waals surface area contributed by atoms with E-state index in [-0.39, 0.29) is 12.0 Å². The van der Waals surface area contributed by atoms with E-state index in [1.807, 2.05) is 0 Å². The lowest BCUT2D eigenvalue weighted by atomic mass is 9.93. The largest absolute Gasteiger partial charge is 0.396 e. The lowest BCUT2D eigenvalue weighted by Gasteiger charge is -2.35. The van der Waals surface area contributed by atoms with Gasteiger partial charge in [0.2, 0.25) is 0 Å². The average Bonchev–Trinajstić information content (AvgIpc) is 3.07. The van der Waals surface area contributed by atoms with Crippen molar-refractivity contribution in [2.24, 2.45) is 11.3 Å². The van der Waals surface area contributed by atoms with Crippen molar-refractivity contribution in [1.82, 2.24) is 4.90 Å². The van der Waals surface area contributed by atoms with Gasteiger partial charge in [-0.05, 0) is 25.7 Å². The van der Waals surface area contributed by atoms with Crippen molar-refractivity contribution < 1.29 is 9.84 Å². The molecule has 1 N–H and O–H groups in total. The molecule has 0 aromatic rings. The van der Waals surface area contributed by atoms with Gasteiger partial charge in [0.25, 0.3) is 0 Å². The van der Waals surface area contributed by atoms with Gasteiger partial charge in [0.1, 0.15) is 0 Å². The van der Waals surface area contributed by atoms with E-state index < -0.39 is 0 Å². The molecule has 0 radical (unpaired) electrons. The van der Waals surface area contributed by atoms with Gasteiger partial charge in [-0.15, -0.1) is 0 Å². The lowest BCUT2D eigenvalue weighted by Crippen LogP contribution is -2.44. The van der Waals surface area contributed by atoms with Crippen LogP contribution in [0.5, 0.6) is 0 Å². The van der Waals surface area contributed by atoms with E-state index in [0.717, 1.165) is 25.6 Å². The lowest BCUT2D eigenvalue weighted by molar-refractivity contribution is 0.0559. The van der Waals surface area contributed by atoms with E-state index in [2.05, 4.69) is 25.7 Å². The number of nitrogens with zero attached hydrogens (tertiary/aromatic N) is 1. The summed E-state index contributed by atoms with van der Waals surface area (Å²) in [6, 6.07) is 0.626. The maximum Gasteiger partial charge on any atom is 0.0589 e. The number of aliphatic hydroxyl groups excluding tert-OH is 1. The van der Waals surface area contributed by atoms with E-state index in [0.29, 0.717) is 6.04 Å². The topological polar surface area (TPSA) is 32.7 Å². The molecule has 0 spiro atoms. The Kier molecular flexibility index (Phi) is 5.22. The molecule has 1 unspecified atom stereocenters. The molecular formula is C13H27NO2. The second-order valence-electron chi connectivity index (χ2n) is 5.86. The van der Waals surface area contributed by atoms with Crippen molar-refractivity contribution in [3.8, 4) is 0 Å². The van der Waals surface area contributed by atoms with Crippen LogP contribution in [0.3, 0.4) is 0 Å². The van der Waals surface area contributed by atoms with Crippen LogP contribution < -0.4 is 0 Å². The van der Waals surface area contributed by atoms with Gasteiger partial charge in [-0.25, -0.2) is 0 Å². The minimum atomic E-state index is -0.0170. The summed E-state index contributed by atoms with van der Waals surface area (Å²) in [4.78, 5) is 2.47. The van der Waals surface area contributed by atoms with Gasteiger partial charge >= 0.3 is 0 Å². The molecule has 0 heterocycles. The van der Waals surface area contributed by atoms with Crippen molar-refractivity contribution in [2.45, 2.75) is 39.7 Å². The van der Waals surface area contributed by atoms with Crippen LogP contribution in [0, 0.1) is 11.3 Å². The summed E-state index contributed by atoms with van der Waals surface area (Å²) in [5.74, 6) is 0.867. The Balaban J connectivity index is 2.48. The van der Waals surface area contributed by atoms with Crippen LogP contribution in [0.15, 0.2) is 0 Å². The van der Waals surface area contributed by atoms with Crippen molar-refractivity contribution >= 4 is 0 Å². The van der Waals surface area contributed by atoms with E-state index >= 15 is 0 Å². The standard InChI is InChI=1S/C13H27NO2/c1-11(12-5-6-12)14(7-8-16-4)9-13(2,3)10-15/h11-12,15H,5-10H2,1-4H3. The molecule has 1 saturated carbocycles. The molecule has 0 saturated heterocycles. The third kappa shape index (κ3) is 4.40. The van der Waals surface area contributed by atoms with Gasteiger partial charge in [-0.2, -0.15) is 0 Å². The number of hydrogen-bond acceptors (Lipinski definition) is 3. The van der Waals surface area contributed by atoms with Crippen LogP contribution in [0.25, 0.3) is 0 Å². The van der Waals surface area contributed by atoms with E-state index in [1.165, 1.54) is 12.8 Å². The number of aliphatic hydroxyl groups is 1. The van der Waals surface area contributed by atoms with Crippen molar-refractivity contribution in [3.63, 3.8) is 0 Å². The summed E-state index contributed by atoms with van der Waals surface area (Å²) in [5, 5.41) is 9.35. The Morgan fingerprint density at radius 2 is 2.06 bits per heavy atom. The number of methoxy groups -OCH3 is 1. The Morgan fingerprint density at radius 3 is 2.50 bits per heavy atom. The first kappa shape index (κ1) is 13.9. The second-order valence-corrected chi connectivity index (χ2v) is 5.86. The van der Waals surface area contributed by atoms with Crippen LogP contribution in [-0.2, 0) is 4.74 Å². The summed E-state index contributed by atoms with van der Waals surface area (Å²) >= 11 is 0. The molecule has 96 valence electrons. The Hall–Kier alpha value is -0.120. The predicted octanol–water partition coefficient (Wildman–Crippen LogP) is 1.75. The van der Waals surface area contributed by atoms with Gasteiger partial charge in [0.05, 0.1) is 6.61 Å². The molecule has 1 fully saturated rings.